The van der Waals surface area contributed by atoms with Gasteiger partial charge in [0.15, 0.2) is 0 Å². The first-order valence-electron chi connectivity index (χ1n) is 6.11. The van der Waals surface area contributed by atoms with Crippen LogP contribution >= 0.6 is 0 Å². The van der Waals surface area contributed by atoms with Gasteiger partial charge in [0.25, 0.3) is 0 Å². The fourth-order valence-electron chi connectivity index (χ4n) is 1.36. The van der Waals surface area contributed by atoms with E-state index in [2.05, 4.69) is 4.18 Å². The predicted molar refractivity (Wildman–Crippen MR) is 70.8 cm³/mol. The summed E-state index contributed by atoms with van der Waals surface area (Å²) < 4.78 is 67.4. The highest BCUT2D eigenvalue weighted by atomic mass is 32.2. The van der Waals surface area contributed by atoms with Crippen LogP contribution in [0.15, 0.2) is 30.3 Å². The van der Waals surface area contributed by atoms with Gasteiger partial charge in [0, 0.05) is 5.41 Å². The minimum absolute atomic E-state index is 0.0648. The number of hydrogen-bond acceptors (Lipinski definition) is 4. The molecule has 120 valence electrons. The normalized spacial score (nSPS) is 13.4. The van der Waals surface area contributed by atoms with Gasteiger partial charge in [-0.2, -0.15) is 21.6 Å². The maximum Gasteiger partial charge on any atom is 0.523 e. The van der Waals surface area contributed by atoms with Gasteiger partial charge >= 0.3 is 15.6 Å². The molecular weight excluding hydrogens is 309 g/mol. The molecule has 0 saturated carbocycles. The van der Waals surface area contributed by atoms with Gasteiger partial charge in [0.05, 0.1) is 19.8 Å². The van der Waals surface area contributed by atoms with Gasteiger partial charge in [-0.05, 0) is 5.56 Å². The summed E-state index contributed by atoms with van der Waals surface area (Å²) in [6.45, 7) is 2.86. The fraction of sp³-hybridized carbons (Fsp3) is 0.538. The molecule has 0 amide bonds. The molecule has 0 spiro atoms. The number of benzene rings is 1. The molecule has 0 radical (unpaired) electrons. The maximum absolute atomic E-state index is 12.1. The number of hydrogen-bond donors (Lipinski definition) is 0. The van der Waals surface area contributed by atoms with Gasteiger partial charge in [-0.3, -0.25) is 4.18 Å². The Morgan fingerprint density at radius 2 is 1.62 bits per heavy atom. The van der Waals surface area contributed by atoms with Crippen LogP contribution in [0.5, 0.6) is 0 Å². The van der Waals surface area contributed by atoms with Crippen LogP contribution in [0.1, 0.15) is 19.4 Å². The van der Waals surface area contributed by atoms with Crippen LogP contribution in [0, 0.1) is 5.41 Å². The highest BCUT2D eigenvalue weighted by Crippen LogP contribution is 2.27. The largest absolute Gasteiger partial charge is 0.523 e. The van der Waals surface area contributed by atoms with E-state index in [1.807, 2.05) is 30.3 Å². The molecule has 1 aromatic rings. The van der Waals surface area contributed by atoms with Gasteiger partial charge < -0.3 is 4.74 Å². The molecule has 0 aliphatic carbocycles. The number of alkyl halides is 3. The molecule has 0 aliphatic heterocycles. The van der Waals surface area contributed by atoms with E-state index in [0.717, 1.165) is 5.56 Å². The van der Waals surface area contributed by atoms with E-state index in [-0.39, 0.29) is 13.2 Å². The molecule has 0 bridgehead atoms. The lowest BCUT2D eigenvalue weighted by Gasteiger charge is -2.24. The molecule has 0 aliphatic rings. The molecule has 0 aromatic heterocycles. The van der Waals surface area contributed by atoms with Crippen molar-refractivity contribution >= 4 is 10.1 Å². The lowest BCUT2D eigenvalue weighted by Crippen LogP contribution is -2.32. The number of halogens is 3. The molecule has 0 atom stereocenters. The highest BCUT2D eigenvalue weighted by molar-refractivity contribution is 7.87. The molecule has 0 N–H and O–H groups in total. The van der Waals surface area contributed by atoms with Crippen LogP contribution in [0.4, 0.5) is 13.2 Å². The van der Waals surface area contributed by atoms with Crippen molar-refractivity contribution in [3.63, 3.8) is 0 Å². The molecule has 1 rings (SSSR count). The Kier molecular flexibility index (Phi) is 5.77. The average molecular weight is 326 g/mol. The summed E-state index contributed by atoms with van der Waals surface area (Å²) in [5.41, 5.74) is -5.36. The molecular formula is C13H17F3O4S. The standard InChI is InChI=1S/C13H17F3O4S/c1-12(2,10-20-21(17,18)13(14,15)16)9-19-8-11-6-4-3-5-7-11/h3-7H,8-10H2,1-2H3. The third kappa shape index (κ3) is 6.03. The molecule has 1 aromatic carbocycles. The van der Waals surface area contributed by atoms with E-state index in [9.17, 15) is 21.6 Å². The van der Waals surface area contributed by atoms with Crippen LogP contribution in [0.2, 0.25) is 0 Å². The van der Waals surface area contributed by atoms with E-state index in [4.69, 9.17) is 4.74 Å². The SMILES string of the molecule is CC(C)(COCc1ccccc1)COS(=O)(=O)C(F)(F)F. The minimum atomic E-state index is -5.56. The third-order valence-corrected chi connectivity index (χ3v) is 3.49. The number of rotatable bonds is 7. The molecule has 0 fully saturated rings. The van der Waals surface area contributed by atoms with Gasteiger partial charge in [-0.1, -0.05) is 44.2 Å². The Morgan fingerprint density at radius 1 is 1.05 bits per heavy atom. The average Bonchev–Trinajstić information content (AvgIpc) is 2.36. The Hall–Kier alpha value is -1.12. The first kappa shape index (κ1) is 17.9. The minimum Gasteiger partial charge on any atom is -0.376 e. The van der Waals surface area contributed by atoms with Crippen LogP contribution in [0.25, 0.3) is 0 Å². The van der Waals surface area contributed by atoms with Crippen molar-refractivity contribution in [3.05, 3.63) is 35.9 Å². The monoisotopic (exact) mass is 326 g/mol. The smallest absolute Gasteiger partial charge is 0.376 e. The van der Waals surface area contributed by atoms with Gasteiger partial charge in [-0.15, -0.1) is 0 Å². The van der Waals surface area contributed by atoms with Crippen molar-refractivity contribution < 1.29 is 30.5 Å². The summed E-state index contributed by atoms with van der Waals surface area (Å²) in [5, 5.41) is 0. The Morgan fingerprint density at radius 3 is 2.14 bits per heavy atom. The van der Waals surface area contributed by atoms with E-state index >= 15 is 0 Å². The van der Waals surface area contributed by atoms with E-state index in [1.165, 1.54) is 0 Å². The lowest BCUT2D eigenvalue weighted by atomic mass is 9.96. The summed E-state index contributed by atoms with van der Waals surface area (Å²) in [7, 11) is -5.56. The zero-order chi connectivity index (χ0) is 16.1. The molecule has 0 unspecified atom stereocenters. The zero-order valence-electron chi connectivity index (χ0n) is 11.7. The first-order chi connectivity index (χ1) is 9.54. The van der Waals surface area contributed by atoms with Gasteiger partial charge in [0.1, 0.15) is 0 Å². The van der Waals surface area contributed by atoms with Crippen LogP contribution in [-0.4, -0.2) is 27.1 Å². The quantitative estimate of drug-likeness (QED) is 0.571. The van der Waals surface area contributed by atoms with Crippen LogP contribution in [-0.2, 0) is 25.6 Å². The second kappa shape index (κ2) is 6.76. The van der Waals surface area contributed by atoms with Crippen LogP contribution < -0.4 is 0 Å². The predicted octanol–water partition coefficient (Wildman–Crippen LogP) is 3.10. The second-order valence-electron chi connectivity index (χ2n) is 5.30. The Balaban J connectivity index is 2.44. The van der Waals surface area contributed by atoms with Crippen molar-refractivity contribution in [2.45, 2.75) is 26.0 Å². The second-order valence-corrected chi connectivity index (χ2v) is 6.91. The van der Waals surface area contributed by atoms with Gasteiger partial charge in [0.2, 0.25) is 0 Å². The van der Waals surface area contributed by atoms with Crippen molar-refractivity contribution in [3.8, 4) is 0 Å². The molecule has 21 heavy (non-hydrogen) atoms. The van der Waals surface area contributed by atoms with E-state index in [1.54, 1.807) is 13.8 Å². The third-order valence-electron chi connectivity index (χ3n) is 2.49. The van der Waals surface area contributed by atoms with Gasteiger partial charge in [-0.25, -0.2) is 0 Å². The van der Waals surface area contributed by atoms with Crippen molar-refractivity contribution in [1.29, 1.82) is 0 Å². The summed E-state index contributed by atoms with van der Waals surface area (Å²) >= 11 is 0. The lowest BCUT2D eigenvalue weighted by molar-refractivity contribution is -0.0583. The summed E-state index contributed by atoms with van der Waals surface area (Å²) in [6.07, 6.45) is 0. The molecule has 4 nitrogen and oxygen atoms in total. The molecule has 0 heterocycles. The molecule has 8 heteroatoms. The van der Waals surface area contributed by atoms with Crippen molar-refractivity contribution in [2.75, 3.05) is 13.2 Å². The van der Waals surface area contributed by atoms with Crippen molar-refractivity contribution in [2.24, 2.45) is 5.41 Å². The van der Waals surface area contributed by atoms with E-state index < -0.39 is 27.6 Å². The zero-order valence-corrected chi connectivity index (χ0v) is 12.5. The Labute approximate surface area is 122 Å². The summed E-state index contributed by atoms with van der Waals surface area (Å²) in [5.74, 6) is 0. The topological polar surface area (TPSA) is 52.6 Å². The molecule has 0 saturated heterocycles. The summed E-state index contributed by atoms with van der Waals surface area (Å²) in [6, 6.07) is 9.21. The van der Waals surface area contributed by atoms with E-state index in [0.29, 0.717) is 0 Å². The highest BCUT2D eigenvalue weighted by Gasteiger charge is 2.47. The first-order valence-corrected chi connectivity index (χ1v) is 7.52. The fourth-order valence-corrected chi connectivity index (χ4v) is 1.97. The maximum atomic E-state index is 12.1. The Bertz CT molecular complexity index is 538. The number of ether oxygens (including phenoxy) is 1. The van der Waals surface area contributed by atoms with Crippen LogP contribution in [0.3, 0.4) is 0 Å². The van der Waals surface area contributed by atoms with Crippen molar-refractivity contribution in [1.82, 2.24) is 0 Å². The summed E-state index contributed by atoms with van der Waals surface area (Å²) in [4.78, 5) is 0.